The summed E-state index contributed by atoms with van der Waals surface area (Å²) in [5.74, 6) is 0. The zero-order chi connectivity index (χ0) is 72.4. The third kappa shape index (κ3) is 9.54. The van der Waals surface area contributed by atoms with Gasteiger partial charge in [0.15, 0.2) is 0 Å². The maximum Gasteiger partial charge on any atom is 0.115 e. The molecule has 0 N–H and O–H groups in total. The molecule has 97 heavy (non-hydrogen) atoms. The fraction of sp³-hybridized carbons (Fsp3) is 0.0175. The number of fused-ring (bicyclic) bond motifs is 5. The zero-order valence-corrected chi connectivity index (χ0v) is 51.5. The predicted molar refractivity (Wildman–Crippen MR) is 454 cm³/mol. The van der Waals surface area contributed by atoms with E-state index in [2.05, 4.69) is 0 Å². The Balaban J connectivity index is 1.44. The summed E-state index contributed by atoms with van der Waals surface area (Å²) in [6.45, 7) is 0. The molecule has 0 atom stereocenters. The monoisotopic (exact) mass is 1130 g/mol. The maximum atomic E-state index is 7.53. The lowest BCUT2D eigenvalue weighted by Gasteiger charge is -2.45. The van der Waals surface area contributed by atoms with E-state index in [0.717, 1.165) is 4.90 Å². The topological polar surface area (TPSA) is 3.24 Å². The van der Waals surface area contributed by atoms with Crippen LogP contribution in [-0.2, 0) is 5.41 Å². The molecule has 0 saturated carbocycles. The normalized spacial score (nSPS) is 12.4. The molecular weight excluding hydrogens is 1120 g/mol. The average Bonchev–Trinajstić information content (AvgIpc) is 1.51. The average molecular weight is 1120 g/mol. The lowest BCUT2D eigenvalue weighted by atomic mass is 9.47. The molecule has 1 aliphatic rings. The SMILES string of the molecule is [B]c1c([B])c([B])c(C2(c3c([B])c([B])c([B])c([B])c3[B])c3c([B])c([B])c([B])c([B])c3-c3c(N(c4c([B])c([B])c(-c5c([B])c([B])c6c([B])c([B])c([B])c([B])c6c5[B])c([B])c4[B])c4c([B])c([B])c(-c5c([B])c([B])c6c([B])c([B])c([B])c([B])c6c5[B])c([B])c4[B])c([B])c([B])c([B])c32)c([B])c1[B]. The molecule has 78 radical (unpaired) electrons. The molecule has 0 spiro atoms. The molecule has 0 saturated heterocycles. The van der Waals surface area contributed by atoms with Crippen molar-refractivity contribution < 1.29 is 0 Å². The van der Waals surface area contributed by atoms with Crippen LogP contribution < -0.4 is 218 Å². The Morgan fingerprint density at radius 2 is 0.289 bits per heavy atom. The van der Waals surface area contributed by atoms with Crippen molar-refractivity contribution in [3.05, 3.63) is 22.3 Å². The van der Waals surface area contributed by atoms with Gasteiger partial charge in [0.25, 0.3) is 0 Å². The molecule has 0 bridgehead atoms. The summed E-state index contributed by atoms with van der Waals surface area (Å²) in [6.07, 6.45) is 0. The molecule has 0 heterocycles. The molecule has 11 rings (SSSR count). The highest BCUT2D eigenvalue weighted by molar-refractivity contribution is 6.78. The molecule has 0 fully saturated rings. The van der Waals surface area contributed by atoms with Gasteiger partial charge in [-0.3, -0.25) is 0 Å². The first kappa shape index (κ1) is 73.3. The smallest absolute Gasteiger partial charge is 0.115 e. The van der Waals surface area contributed by atoms with Gasteiger partial charge in [0.2, 0.25) is 0 Å². The van der Waals surface area contributed by atoms with Crippen LogP contribution in [-0.4, -0.2) is 306 Å². The number of nitrogens with zero attached hydrogens (tertiary/aromatic N) is 1. The van der Waals surface area contributed by atoms with Crippen molar-refractivity contribution in [3.8, 4) is 33.4 Å². The second-order valence-electron chi connectivity index (χ2n) is 23.5. The fourth-order valence-corrected chi connectivity index (χ4v) is 13.8. The van der Waals surface area contributed by atoms with Gasteiger partial charge in [-0.25, -0.2) is 0 Å². The molecule has 0 amide bonds. The Morgan fingerprint density at radius 3 is 0.577 bits per heavy atom. The van der Waals surface area contributed by atoms with Gasteiger partial charge in [-0.1, -0.05) is 120 Å². The van der Waals surface area contributed by atoms with Crippen molar-refractivity contribution in [1.29, 1.82) is 0 Å². The molecule has 350 valence electrons. The van der Waals surface area contributed by atoms with Crippen LogP contribution in [0, 0.1) is 0 Å². The summed E-state index contributed by atoms with van der Waals surface area (Å²) in [5.41, 5.74) is -20.6. The van der Waals surface area contributed by atoms with Gasteiger partial charge < -0.3 is 4.90 Å². The van der Waals surface area contributed by atoms with E-state index >= 15 is 0 Å². The van der Waals surface area contributed by atoms with Crippen molar-refractivity contribution in [2.45, 2.75) is 5.41 Å². The van der Waals surface area contributed by atoms with E-state index in [1.807, 2.05) is 0 Å². The zero-order valence-electron chi connectivity index (χ0n) is 51.5. The Hall–Kier alpha value is -4.95. The third-order valence-electron chi connectivity index (χ3n) is 18.9. The summed E-state index contributed by atoms with van der Waals surface area (Å²) in [4.78, 5) is 1.10. The van der Waals surface area contributed by atoms with E-state index in [1.54, 1.807) is 0 Å². The van der Waals surface area contributed by atoms with E-state index in [9.17, 15) is 0 Å². The third-order valence-corrected chi connectivity index (χ3v) is 18.9. The van der Waals surface area contributed by atoms with E-state index < -0.39 is 115 Å². The highest BCUT2D eigenvalue weighted by Gasteiger charge is 2.53. The van der Waals surface area contributed by atoms with Crippen molar-refractivity contribution in [2.75, 3.05) is 4.90 Å². The predicted octanol–water partition coefficient (Wildman–Crippen LogP) is -31.9. The van der Waals surface area contributed by atoms with E-state index in [1.165, 1.54) is 0 Å². The van der Waals surface area contributed by atoms with Gasteiger partial charge in [-0.2, -0.15) is 0 Å². The largest absolute Gasteiger partial charge is 0.313 e. The van der Waals surface area contributed by atoms with Crippen molar-refractivity contribution in [3.63, 3.8) is 0 Å². The van der Waals surface area contributed by atoms with Gasteiger partial charge in [0.05, 0.1) is 5.41 Å². The summed E-state index contributed by atoms with van der Waals surface area (Å²) < 4.78 is 0. The second kappa shape index (κ2) is 24.9. The highest BCUT2D eigenvalue weighted by atomic mass is 15.2. The molecule has 0 aromatic heterocycles. The van der Waals surface area contributed by atoms with Gasteiger partial charge in [-0.15, -0.1) is 92.9 Å². The van der Waals surface area contributed by atoms with Crippen LogP contribution in [0.1, 0.15) is 22.3 Å². The summed E-state index contributed by atoms with van der Waals surface area (Å²) in [7, 11) is 272. The molecule has 40 heteroatoms. The Labute approximate surface area is 618 Å². The standard InChI is InChI=1S/C57B39N/c58-15-3(18(61)20(63)7-5(15)22(65)37(80)39(82)24(7)67)9-26(69)49(92)55(50(93)27(9)70)97(56-51(94)28(71)10(29(72)52(56)95)4-16(59)6-8(21(64)19(4)62)25(68)40(83)38(81)23(6)66)54-2-1-11(30(73)41(84)36(79)17(1)60)57(12(2)31(74)46(89)53(54)96,13-32(75)42(85)47(90)43(86)33(13)76)14-34(77)44(87)48(91)45(88)35(14)78. The number of hydrogen-bond acceptors (Lipinski definition) is 1. The second-order valence-corrected chi connectivity index (χ2v) is 23.5. The van der Waals surface area contributed by atoms with Crippen LogP contribution in [0.4, 0.5) is 17.1 Å². The van der Waals surface area contributed by atoms with Crippen LogP contribution in [0.25, 0.3) is 54.9 Å². The Morgan fingerprint density at radius 1 is 0.124 bits per heavy atom. The van der Waals surface area contributed by atoms with Crippen molar-refractivity contribution in [2.24, 2.45) is 0 Å². The summed E-state index contributed by atoms with van der Waals surface area (Å²) in [6, 6.07) is 0. The van der Waals surface area contributed by atoms with E-state index in [4.69, 9.17) is 306 Å². The van der Waals surface area contributed by atoms with Crippen LogP contribution >= 0.6 is 0 Å². The minimum atomic E-state index is -2.61. The molecule has 1 aliphatic carbocycles. The minimum absolute atomic E-state index is 0.0226. The Bertz CT molecular complexity index is 5030. The lowest BCUT2D eigenvalue weighted by molar-refractivity contribution is 0.805. The molecule has 0 aliphatic heterocycles. The Kier molecular flexibility index (Phi) is 18.8. The first-order valence-corrected chi connectivity index (χ1v) is 28.2. The number of anilines is 3. The van der Waals surface area contributed by atoms with Crippen LogP contribution in [0.15, 0.2) is 0 Å². The minimum Gasteiger partial charge on any atom is -0.313 e. The van der Waals surface area contributed by atoms with E-state index in [-0.39, 0.29) is 197 Å². The van der Waals surface area contributed by atoms with Crippen molar-refractivity contribution >= 4 is 558 Å². The van der Waals surface area contributed by atoms with Crippen LogP contribution in [0.5, 0.6) is 0 Å². The number of hydrogen-bond donors (Lipinski definition) is 0. The molecule has 0 unspecified atom stereocenters. The van der Waals surface area contributed by atoms with E-state index in [0.29, 0.717) is 0 Å². The molecular formula is C57B39N. The van der Waals surface area contributed by atoms with Crippen LogP contribution in [0.3, 0.4) is 0 Å². The highest BCUT2D eigenvalue weighted by Crippen LogP contribution is 2.55. The van der Waals surface area contributed by atoms with Crippen molar-refractivity contribution in [1.82, 2.24) is 0 Å². The van der Waals surface area contributed by atoms with Crippen LogP contribution in [0.2, 0.25) is 0 Å². The summed E-state index contributed by atoms with van der Waals surface area (Å²) in [5, 5.41) is -0.00356. The first-order chi connectivity index (χ1) is 45.0. The number of benzene rings is 10. The maximum absolute atomic E-state index is 7.53. The number of rotatable bonds is 7. The quantitative estimate of drug-likeness (QED) is 0.144. The van der Waals surface area contributed by atoms with Gasteiger partial charge in [0, 0.05) is 22.6 Å². The molecule has 10 aromatic rings. The van der Waals surface area contributed by atoms with Gasteiger partial charge in [-0.05, 0) is 71.6 Å². The lowest BCUT2D eigenvalue weighted by Crippen LogP contribution is -2.65. The van der Waals surface area contributed by atoms with Gasteiger partial charge in [0.1, 0.15) is 306 Å². The fourth-order valence-electron chi connectivity index (χ4n) is 13.8. The molecule has 1 nitrogen and oxygen atoms in total. The first-order valence-electron chi connectivity index (χ1n) is 28.2. The summed E-state index contributed by atoms with van der Waals surface area (Å²) >= 11 is 0. The molecule has 10 aromatic carbocycles. The van der Waals surface area contributed by atoms with Gasteiger partial charge >= 0.3 is 0 Å².